The van der Waals surface area contributed by atoms with Crippen molar-refractivity contribution in [1.82, 2.24) is 20.2 Å². The monoisotopic (exact) mass is 391 g/mol. The van der Waals surface area contributed by atoms with Crippen molar-refractivity contribution in [3.05, 3.63) is 48.3 Å². The van der Waals surface area contributed by atoms with Crippen molar-refractivity contribution in [2.45, 2.75) is 44.8 Å². The highest BCUT2D eigenvalue weighted by atomic mass is 16.7. The zero-order chi connectivity index (χ0) is 19.8. The molecule has 0 amide bonds. The van der Waals surface area contributed by atoms with Gasteiger partial charge >= 0.3 is 0 Å². The molecule has 0 radical (unpaired) electrons. The molecule has 1 fully saturated rings. The third-order valence-corrected chi connectivity index (χ3v) is 5.82. The van der Waals surface area contributed by atoms with E-state index in [1.54, 1.807) is 7.11 Å². The molecule has 1 saturated carbocycles. The molecule has 1 aliphatic heterocycles. The number of ether oxygens (including phenoxy) is 1. The van der Waals surface area contributed by atoms with E-state index in [2.05, 4.69) is 28.9 Å². The zero-order valence-electron chi connectivity index (χ0n) is 16.7. The predicted octanol–water partition coefficient (Wildman–Crippen LogP) is 4.39. The van der Waals surface area contributed by atoms with Crippen LogP contribution in [0.4, 0.5) is 11.4 Å². The van der Waals surface area contributed by atoms with Gasteiger partial charge in [-0.25, -0.2) is 9.67 Å². The lowest BCUT2D eigenvalue weighted by Crippen LogP contribution is -2.25. The Kier molecular flexibility index (Phi) is 4.39. The van der Waals surface area contributed by atoms with E-state index in [0.717, 1.165) is 58.8 Å². The molecular weight excluding hydrogens is 366 g/mol. The Bertz CT molecular complexity index is 1080. The van der Waals surface area contributed by atoms with E-state index in [1.165, 1.54) is 12.8 Å². The van der Waals surface area contributed by atoms with Crippen LogP contribution in [-0.2, 0) is 11.4 Å². The van der Waals surface area contributed by atoms with Crippen LogP contribution in [0.25, 0.3) is 16.7 Å². The van der Waals surface area contributed by atoms with Crippen LogP contribution >= 0.6 is 0 Å². The van der Waals surface area contributed by atoms with Gasteiger partial charge in [-0.2, -0.15) is 5.10 Å². The summed E-state index contributed by atoms with van der Waals surface area (Å²) >= 11 is 0. The molecule has 3 heterocycles. The first kappa shape index (κ1) is 18.0. The lowest BCUT2D eigenvalue weighted by molar-refractivity contribution is -0.0289. The molecule has 0 bridgehead atoms. The molecule has 29 heavy (non-hydrogen) atoms. The number of hydrogen-bond acceptors (Lipinski definition) is 6. The maximum Gasteiger partial charge on any atom is 0.159 e. The molecule has 2 aliphatic rings. The number of pyridine rings is 1. The van der Waals surface area contributed by atoms with E-state index in [4.69, 9.17) is 14.6 Å². The molecule has 1 aliphatic carbocycles. The minimum absolute atomic E-state index is 0.189. The van der Waals surface area contributed by atoms with E-state index in [0.29, 0.717) is 0 Å². The summed E-state index contributed by atoms with van der Waals surface area (Å²) in [7, 11) is 1.67. The van der Waals surface area contributed by atoms with Crippen LogP contribution in [0.1, 0.15) is 38.2 Å². The van der Waals surface area contributed by atoms with Gasteiger partial charge in [-0.05, 0) is 38.0 Å². The quantitative estimate of drug-likeness (QED) is 0.672. The molecule has 1 aromatic carbocycles. The number of benzene rings is 1. The fourth-order valence-electron chi connectivity index (χ4n) is 4.27. The molecule has 0 unspecified atom stereocenters. The summed E-state index contributed by atoms with van der Waals surface area (Å²) in [6.07, 6.45) is 10.5. The van der Waals surface area contributed by atoms with E-state index in [-0.39, 0.29) is 5.60 Å². The van der Waals surface area contributed by atoms with E-state index >= 15 is 0 Å². The Morgan fingerprint density at radius 2 is 2.14 bits per heavy atom. The summed E-state index contributed by atoms with van der Waals surface area (Å²) in [6, 6.07) is 7.90. The van der Waals surface area contributed by atoms with Crippen molar-refractivity contribution in [1.29, 1.82) is 0 Å². The summed E-state index contributed by atoms with van der Waals surface area (Å²) in [4.78, 5) is 10.7. The molecule has 7 nitrogen and oxygen atoms in total. The summed E-state index contributed by atoms with van der Waals surface area (Å²) < 4.78 is 7.29. The van der Waals surface area contributed by atoms with Gasteiger partial charge in [0.05, 0.1) is 30.1 Å². The Morgan fingerprint density at radius 3 is 2.93 bits per heavy atom. The second kappa shape index (κ2) is 7.08. The number of hydrogen-bond donors (Lipinski definition) is 2. The lowest BCUT2D eigenvalue weighted by atomic mass is 9.99. The molecule has 3 aromatic rings. The summed E-state index contributed by atoms with van der Waals surface area (Å²) in [6.45, 7) is 2.83. The maximum atomic E-state index is 6.01. The van der Waals surface area contributed by atoms with Gasteiger partial charge in [0.25, 0.3) is 0 Å². The van der Waals surface area contributed by atoms with Crippen LogP contribution in [-0.4, -0.2) is 27.5 Å². The average molecular weight is 391 g/mol. The van der Waals surface area contributed by atoms with Crippen LogP contribution < -0.4 is 15.5 Å². The highest BCUT2D eigenvalue weighted by Gasteiger charge is 2.38. The molecule has 7 heteroatoms. The predicted molar refractivity (Wildman–Crippen MR) is 113 cm³/mol. The number of hydroxylamine groups is 1. The van der Waals surface area contributed by atoms with Gasteiger partial charge < -0.3 is 10.1 Å². The summed E-state index contributed by atoms with van der Waals surface area (Å²) in [5.41, 5.74) is 7.67. The van der Waals surface area contributed by atoms with Gasteiger partial charge in [0.1, 0.15) is 11.4 Å². The number of fused-ring (bicyclic) bond motifs is 1. The standard InChI is InChI=1S/C22H25N5O2/c1-3-27-21-18(14-24-27)20(25-15-7-6-8-16(11-15)28-2)17(13-23-21)19-12-22(29-26-19)9-4-5-10-22/h6-8,11-14,26H,3-5,9-10H2,1-2H3,(H,23,25). The van der Waals surface area contributed by atoms with Gasteiger partial charge in [-0.3, -0.25) is 10.3 Å². The van der Waals surface area contributed by atoms with Gasteiger partial charge in [0, 0.05) is 30.1 Å². The van der Waals surface area contributed by atoms with Gasteiger partial charge in [-0.1, -0.05) is 18.9 Å². The average Bonchev–Trinajstić information content (AvgIpc) is 3.49. The fourth-order valence-corrected chi connectivity index (χ4v) is 4.27. The SMILES string of the molecule is CCn1ncc2c(Nc3cccc(OC)c3)c(C3=CC4(CCCC4)ON3)cnc21. The lowest BCUT2D eigenvalue weighted by Gasteiger charge is -2.17. The molecular formula is C22H25N5O2. The smallest absolute Gasteiger partial charge is 0.159 e. The Labute approximate surface area is 169 Å². The number of methoxy groups -OCH3 is 1. The highest BCUT2D eigenvalue weighted by Crippen LogP contribution is 2.42. The number of aryl methyl sites for hydroxylation is 1. The second-order valence-electron chi connectivity index (χ2n) is 7.64. The number of nitrogens with one attached hydrogen (secondary N) is 2. The summed E-state index contributed by atoms with van der Waals surface area (Å²) in [5, 5.41) is 9.05. The Balaban J connectivity index is 1.63. The van der Waals surface area contributed by atoms with Gasteiger partial charge in [0.2, 0.25) is 0 Å². The third kappa shape index (κ3) is 3.11. The van der Waals surface area contributed by atoms with Crippen LogP contribution in [0.3, 0.4) is 0 Å². The highest BCUT2D eigenvalue weighted by molar-refractivity contribution is 5.97. The van der Waals surface area contributed by atoms with Crippen molar-refractivity contribution in [2.75, 3.05) is 12.4 Å². The number of aromatic nitrogens is 3. The molecule has 2 aromatic heterocycles. The minimum Gasteiger partial charge on any atom is -0.497 e. The van der Waals surface area contributed by atoms with Gasteiger partial charge in [0.15, 0.2) is 5.65 Å². The van der Waals surface area contributed by atoms with Crippen molar-refractivity contribution < 1.29 is 9.57 Å². The normalized spacial score (nSPS) is 17.5. The fraction of sp³-hybridized carbons (Fsp3) is 0.364. The van der Waals surface area contributed by atoms with Crippen molar-refractivity contribution in [3.8, 4) is 5.75 Å². The number of anilines is 2. The number of rotatable bonds is 5. The molecule has 0 saturated heterocycles. The summed E-state index contributed by atoms with van der Waals surface area (Å²) in [5.74, 6) is 0.803. The maximum absolute atomic E-state index is 6.01. The Hall–Kier alpha value is -3.06. The van der Waals surface area contributed by atoms with E-state index < -0.39 is 0 Å². The first-order chi connectivity index (χ1) is 14.2. The van der Waals surface area contributed by atoms with Crippen LogP contribution in [0.15, 0.2) is 42.7 Å². The third-order valence-electron chi connectivity index (χ3n) is 5.82. The molecule has 2 N–H and O–H groups in total. The largest absolute Gasteiger partial charge is 0.497 e. The first-order valence-corrected chi connectivity index (χ1v) is 10.1. The van der Waals surface area contributed by atoms with Crippen LogP contribution in [0.2, 0.25) is 0 Å². The first-order valence-electron chi connectivity index (χ1n) is 10.1. The molecule has 5 rings (SSSR count). The molecule has 0 atom stereocenters. The van der Waals surface area contributed by atoms with Crippen LogP contribution in [0.5, 0.6) is 5.75 Å². The van der Waals surface area contributed by atoms with Crippen LogP contribution in [0, 0.1) is 0 Å². The van der Waals surface area contributed by atoms with Crippen molar-refractivity contribution >= 4 is 28.1 Å². The second-order valence-corrected chi connectivity index (χ2v) is 7.64. The van der Waals surface area contributed by atoms with Crippen molar-refractivity contribution in [3.63, 3.8) is 0 Å². The molecule has 150 valence electrons. The zero-order valence-corrected chi connectivity index (χ0v) is 16.7. The molecule has 1 spiro atoms. The minimum atomic E-state index is -0.189. The van der Waals surface area contributed by atoms with Gasteiger partial charge in [-0.15, -0.1) is 0 Å². The van der Waals surface area contributed by atoms with E-state index in [9.17, 15) is 0 Å². The van der Waals surface area contributed by atoms with Crippen molar-refractivity contribution in [2.24, 2.45) is 0 Å². The Morgan fingerprint density at radius 1 is 1.28 bits per heavy atom. The topological polar surface area (TPSA) is 73.2 Å². The van der Waals surface area contributed by atoms with E-state index in [1.807, 2.05) is 41.3 Å². The number of nitrogens with zero attached hydrogens (tertiary/aromatic N) is 3.